The number of rotatable bonds is 7. The van der Waals surface area contributed by atoms with E-state index in [0.717, 1.165) is 16.7 Å². The van der Waals surface area contributed by atoms with Gasteiger partial charge in [-0.2, -0.15) is 0 Å². The van der Waals surface area contributed by atoms with E-state index in [1.165, 1.54) is 27.8 Å². The van der Waals surface area contributed by atoms with E-state index < -0.39 is 5.41 Å². The first-order valence-corrected chi connectivity index (χ1v) is 11.3. The maximum absolute atomic E-state index is 6.08. The SMILES string of the molecule is CC1=CC(C(c2cccc(CN)c2)(c2cccc(CN)c2)c2cccc(CN)c2)C(C)=C1. The Balaban J connectivity index is 2.14. The summed E-state index contributed by atoms with van der Waals surface area (Å²) in [6.45, 7) is 5.92. The lowest BCUT2D eigenvalue weighted by atomic mass is 9.60. The molecule has 0 amide bonds. The van der Waals surface area contributed by atoms with Crippen molar-refractivity contribution >= 4 is 0 Å². The summed E-state index contributed by atoms with van der Waals surface area (Å²) in [5, 5.41) is 0. The topological polar surface area (TPSA) is 78.1 Å². The van der Waals surface area contributed by atoms with Crippen molar-refractivity contribution in [2.24, 2.45) is 23.1 Å². The molecule has 3 heteroatoms. The number of hydrogen-bond donors (Lipinski definition) is 3. The summed E-state index contributed by atoms with van der Waals surface area (Å²) >= 11 is 0. The Morgan fingerprint density at radius 3 is 1.38 bits per heavy atom. The fraction of sp³-hybridized carbons (Fsp3) is 0.241. The third-order valence-electron chi connectivity index (χ3n) is 6.70. The molecule has 1 unspecified atom stereocenters. The summed E-state index contributed by atoms with van der Waals surface area (Å²) in [5.41, 5.74) is 27.5. The van der Waals surface area contributed by atoms with Crippen molar-refractivity contribution in [3.05, 3.63) is 129 Å². The minimum absolute atomic E-state index is 0.163. The molecule has 0 radical (unpaired) electrons. The molecule has 6 N–H and O–H groups in total. The molecule has 1 aliphatic carbocycles. The Morgan fingerprint density at radius 1 is 0.656 bits per heavy atom. The minimum Gasteiger partial charge on any atom is -0.326 e. The first-order valence-electron chi connectivity index (χ1n) is 11.3. The van der Waals surface area contributed by atoms with E-state index in [4.69, 9.17) is 17.2 Å². The van der Waals surface area contributed by atoms with Crippen molar-refractivity contribution in [1.29, 1.82) is 0 Å². The van der Waals surface area contributed by atoms with Crippen molar-refractivity contribution < 1.29 is 0 Å². The fourth-order valence-electron chi connectivity index (χ4n) is 5.23. The average Bonchev–Trinajstić information content (AvgIpc) is 3.18. The van der Waals surface area contributed by atoms with Crippen LogP contribution < -0.4 is 17.2 Å². The number of nitrogens with two attached hydrogens (primary N) is 3. The Kier molecular flexibility index (Phi) is 6.43. The second-order valence-corrected chi connectivity index (χ2v) is 8.80. The van der Waals surface area contributed by atoms with E-state index in [0.29, 0.717) is 19.6 Å². The Bertz CT molecular complexity index is 1060. The molecule has 0 heterocycles. The second kappa shape index (κ2) is 9.25. The highest BCUT2D eigenvalue weighted by molar-refractivity contribution is 5.58. The maximum Gasteiger partial charge on any atom is 0.0551 e. The van der Waals surface area contributed by atoms with E-state index >= 15 is 0 Å². The van der Waals surface area contributed by atoms with Gasteiger partial charge in [-0.25, -0.2) is 0 Å². The van der Waals surface area contributed by atoms with Gasteiger partial charge in [0.05, 0.1) is 5.41 Å². The van der Waals surface area contributed by atoms with Gasteiger partial charge in [-0.15, -0.1) is 0 Å². The lowest BCUT2D eigenvalue weighted by molar-refractivity contribution is 0.505. The lowest BCUT2D eigenvalue weighted by Crippen LogP contribution is -2.37. The van der Waals surface area contributed by atoms with E-state index in [2.05, 4.69) is 98.8 Å². The molecule has 1 aliphatic rings. The quantitative estimate of drug-likeness (QED) is 0.472. The van der Waals surface area contributed by atoms with Gasteiger partial charge < -0.3 is 17.2 Å². The summed E-state index contributed by atoms with van der Waals surface area (Å²) in [6, 6.07) is 26.1. The molecule has 0 spiro atoms. The molecule has 1 atom stereocenters. The first-order chi connectivity index (χ1) is 15.5. The largest absolute Gasteiger partial charge is 0.326 e. The van der Waals surface area contributed by atoms with Crippen LogP contribution in [0.4, 0.5) is 0 Å². The maximum atomic E-state index is 6.08. The van der Waals surface area contributed by atoms with Gasteiger partial charge in [0, 0.05) is 25.6 Å². The molecule has 3 aromatic carbocycles. The van der Waals surface area contributed by atoms with Crippen LogP contribution in [0.1, 0.15) is 47.2 Å². The molecule has 3 aromatic rings. The average molecular weight is 424 g/mol. The van der Waals surface area contributed by atoms with Gasteiger partial charge in [-0.1, -0.05) is 96.1 Å². The molecular formula is C29H33N3. The van der Waals surface area contributed by atoms with Crippen LogP contribution in [0.5, 0.6) is 0 Å². The monoisotopic (exact) mass is 423 g/mol. The fourth-order valence-corrected chi connectivity index (χ4v) is 5.23. The van der Waals surface area contributed by atoms with E-state index in [1.54, 1.807) is 0 Å². The van der Waals surface area contributed by atoms with Gasteiger partial charge in [-0.3, -0.25) is 0 Å². The van der Waals surface area contributed by atoms with Crippen LogP contribution in [-0.2, 0) is 25.0 Å². The van der Waals surface area contributed by atoms with Gasteiger partial charge in [0.2, 0.25) is 0 Å². The Hall–Kier alpha value is -2.98. The molecule has 0 bridgehead atoms. The van der Waals surface area contributed by atoms with Crippen LogP contribution in [0.2, 0.25) is 0 Å². The highest BCUT2D eigenvalue weighted by Gasteiger charge is 2.45. The van der Waals surface area contributed by atoms with Crippen molar-refractivity contribution in [2.45, 2.75) is 38.9 Å². The van der Waals surface area contributed by atoms with Crippen molar-refractivity contribution in [3.63, 3.8) is 0 Å². The van der Waals surface area contributed by atoms with Crippen LogP contribution in [0.25, 0.3) is 0 Å². The Morgan fingerprint density at radius 2 is 1.06 bits per heavy atom. The zero-order valence-electron chi connectivity index (χ0n) is 19.0. The number of hydrogen-bond acceptors (Lipinski definition) is 3. The lowest BCUT2D eigenvalue weighted by Gasteiger charge is -2.42. The summed E-state index contributed by atoms with van der Waals surface area (Å²) in [7, 11) is 0. The standard InChI is InChI=1S/C29H33N3/c1-20-12-21(2)28(13-20)29(25-9-3-6-22(14-25)17-30,26-10-4-7-23(15-26)18-31)27-11-5-8-24(16-27)19-32/h3-16,28H,17-19,30-32H2,1-2H3. The predicted molar refractivity (Wildman–Crippen MR) is 134 cm³/mol. The number of benzene rings is 3. The van der Waals surface area contributed by atoms with E-state index in [9.17, 15) is 0 Å². The zero-order valence-corrected chi connectivity index (χ0v) is 19.0. The Labute approximate surface area is 191 Å². The normalized spacial score (nSPS) is 16.1. The molecule has 4 rings (SSSR count). The third kappa shape index (κ3) is 3.84. The van der Waals surface area contributed by atoms with E-state index in [-0.39, 0.29) is 5.92 Å². The highest BCUT2D eigenvalue weighted by Crippen LogP contribution is 2.51. The predicted octanol–water partition coefficient (Wildman–Crippen LogP) is 4.92. The summed E-state index contributed by atoms with van der Waals surface area (Å²) in [6.07, 6.45) is 4.69. The smallest absolute Gasteiger partial charge is 0.0551 e. The van der Waals surface area contributed by atoms with Crippen molar-refractivity contribution in [3.8, 4) is 0 Å². The molecule has 0 fully saturated rings. The zero-order chi connectivity index (χ0) is 22.7. The molecule has 0 saturated carbocycles. The van der Waals surface area contributed by atoms with Gasteiger partial charge in [0.1, 0.15) is 0 Å². The van der Waals surface area contributed by atoms with Crippen LogP contribution in [0.3, 0.4) is 0 Å². The third-order valence-corrected chi connectivity index (χ3v) is 6.70. The molecule has 0 aliphatic heterocycles. The van der Waals surface area contributed by atoms with Gasteiger partial charge in [0.25, 0.3) is 0 Å². The molecular weight excluding hydrogens is 390 g/mol. The molecule has 3 nitrogen and oxygen atoms in total. The molecule has 164 valence electrons. The van der Waals surface area contributed by atoms with Gasteiger partial charge >= 0.3 is 0 Å². The van der Waals surface area contributed by atoms with Gasteiger partial charge in [0.15, 0.2) is 0 Å². The second-order valence-electron chi connectivity index (χ2n) is 8.80. The highest BCUT2D eigenvalue weighted by atomic mass is 14.5. The molecule has 0 saturated heterocycles. The first kappa shape index (κ1) is 22.2. The number of allylic oxidation sites excluding steroid dienone is 4. The van der Waals surface area contributed by atoms with Crippen LogP contribution in [0.15, 0.2) is 96.1 Å². The van der Waals surface area contributed by atoms with Crippen molar-refractivity contribution in [2.75, 3.05) is 0 Å². The summed E-state index contributed by atoms with van der Waals surface area (Å²) in [4.78, 5) is 0. The van der Waals surface area contributed by atoms with Gasteiger partial charge in [-0.05, 0) is 47.2 Å². The van der Waals surface area contributed by atoms with Crippen molar-refractivity contribution in [1.82, 2.24) is 0 Å². The summed E-state index contributed by atoms with van der Waals surface area (Å²) < 4.78 is 0. The molecule has 32 heavy (non-hydrogen) atoms. The molecule has 0 aromatic heterocycles. The van der Waals surface area contributed by atoms with Crippen LogP contribution in [-0.4, -0.2) is 0 Å². The summed E-state index contributed by atoms with van der Waals surface area (Å²) in [5.74, 6) is 0.163. The van der Waals surface area contributed by atoms with Crippen LogP contribution >= 0.6 is 0 Å². The minimum atomic E-state index is -0.431. The van der Waals surface area contributed by atoms with Crippen LogP contribution in [0, 0.1) is 5.92 Å². The van der Waals surface area contributed by atoms with E-state index in [1.807, 2.05) is 0 Å².